The first-order chi connectivity index (χ1) is 10.7. The van der Waals surface area contributed by atoms with Gasteiger partial charge < -0.3 is 5.32 Å². The van der Waals surface area contributed by atoms with Crippen molar-refractivity contribution in [2.75, 3.05) is 7.05 Å². The summed E-state index contributed by atoms with van der Waals surface area (Å²) in [4.78, 5) is 16.1. The number of aromatic amines is 1. The van der Waals surface area contributed by atoms with Gasteiger partial charge in [0.2, 0.25) is 5.91 Å². The molecule has 5 nitrogen and oxygen atoms in total. The highest BCUT2D eigenvalue weighted by molar-refractivity contribution is 5.85. The number of H-pyrrole nitrogens is 1. The van der Waals surface area contributed by atoms with Gasteiger partial charge in [0.15, 0.2) is 0 Å². The second kappa shape index (κ2) is 5.97. The van der Waals surface area contributed by atoms with E-state index in [2.05, 4.69) is 34.6 Å². The Morgan fingerprint density at radius 3 is 2.91 bits per heavy atom. The van der Waals surface area contributed by atoms with Crippen LogP contribution in [0.3, 0.4) is 0 Å². The van der Waals surface area contributed by atoms with Gasteiger partial charge in [-0.3, -0.25) is 9.89 Å². The number of carbonyl (C=O) groups is 1. The number of benzene rings is 1. The lowest BCUT2D eigenvalue weighted by atomic mass is 10.0. The van der Waals surface area contributed by atoms with Gasteiger partial charge in [-0.15, -0.1) is 0 Å². The van der Waals surface area contributed by atoms with E-state index in [0.717, 1.165) is 34.1 Å². The Kier molecular flexibility index (Phi) is 3.87. The molecule has 0 bridgehead atoms. The summed E-state index contributed by atoms with van der Waals surface area (Å²) in [5.74, 6) is 0.0604. The van der Waals surface area contributed by atoms with Crippen molar-refractivity contribution in [2.45, 2.75) is 19.8 Å². The van der Waals surface area contributed by atoms with Gasteiger partial charge in [-0.1, -0.05) is 6.07 Å². The Hall–Kier alpha value is -2.69. The molecule has 3 rings (SSSR count). The van der Waals surface area contributed by atoms with E-state index in [9.17, 15) is 4.79 Å². The van der Waals surface area contributed by atoms with Crippen molar-refractivity contribution in [1.82, 2.24) is 20.5 Å². The van der Waals surface area contributed by atoms with E-state index >= 15 is 0 Å². The first-order valence-electron chi connectivity index (χ1n) is 7.27. The fourth-order valence-electron chi connectivity index (χ4n) is 2.52. The van der Waals surface area contributed by atoms with Crippen LogP contribution in [0.4, 0.5) is 0 Å². The van der Waals surface area contributed by atoms with E-state index < -0.39 is 0 Å². The predicted octanol–water partition coefficient (Wildman–Crippen LogP) is 2.61. The van der Waals surface area contributed by atoms with Gasteiger partial charge in [-0.25, -0.2) is 4.98 Å². The van der Waals surface area contributed by atoms with Crippen LogP contribution in [0, 0.1) is 6.92 Å². The van der Waals surface area contributed by atoms with Crippen LogP contribution in [-0.2, 0) is 11.2 Å². The molecule has 0 saturated carbocycles. The Labute approximate surface area is 128 Å². The van der Waals surface area contributed by atoms with Gasteiger partial charge in [0, 0.05) is 30.6 Å². The number of nitrogens with zero attached hydrogens (tertiary/aromatic N) is 2. The van der Waals surface area contributed by atoms with Crippen LogP contribution in [-0.4, -0.2) is 28.1 Å². The SMILES string of the molecule is CNC(=O)CCc1ccc2nc(-c3cn[nH]c3)cc(C)c2c1. The fourth-order valence-corrected chi connectivity index (χ4v) is 2.52. The zero-order chi connectivity index (χ0) is 15.5. The molecule has 112 valence electrons. The molecule has 3 aromatic rings. The summed E-state index contributed by atoms with van der Waals surface area (Å²) >= 11 is 0. The lowest BCUT2D eigenvalue weighted by Crippen LogP contribution is -2.17. The molecular formula is C17H18N4O. The van der Waals surface area contributed by atoms with Crippen LogP contribution in [0.15, 0.2) is 36.7 Å². The maximum atomic E-state index is 11.4. The molecule has 2 aromatic heterocycles. The quantitative estimate of drug-likeness (QED) is 0.777. The minimum Gasteiger partial charge on any atom is -0.359 e. The monoisotopic (exact) mass is 294 g/mol. The standard InChI is InChI=1S/C17H18N4O/c1-11-7-16(13-9-19-20-10-13)21-15-5-3-12(8-14(11)15)4-6-17(22)18-2/h3,5,7-10H,4,6H2,1-2H3,(H,18,22)(H,19,20). The summed E-state index contributed by atoms with van der Waals surface area (Å²) < 4.78 is 0. The molecule has 0 atom stereocenters. The van der Waals surface area contributed by atoms with Gasteiger partial charge in [-0.05, 0) is 42.7 Å². The highest BCUT2D eigenvalue weighted by atomic mass is 16.1. The lowest BCUT2D eigenvalue weighted by Gasteiger charge is -2.08. The molecule has 0 aliphatic carbocycles. The van der Waals surface area contributed by atoms with Gasteiger partial charge in [0.05, 0.1) is 17.4 Å². The van der Waals surface area contributed by atoms with Crippen LogP contribution < -0.4 is 5.32 Å². The second-order valence-corrected chi connectivity index (χ2v) is 5.34. The number of fused-ring (bicyclic) bond motifs is 1. The smallest absolute Gasteiger partial charge is 0.220 e. The number of aromatic nitrogens is 3. The maximum Gasteiger partial charge on any atom is 0.220 e. The summed E-state index contributed by atoms with van der Waals surface area (Å²) in [5, 5.41) is 10.6. The van der Waals surface area contributed by atoms with Gasteiger partial charge in [0.25, 0.3) is 0 Å². The first-order valence-corrected chi connectivity index (χ1v) is 7.27. The Morgan fingerprint density at radius 1 is 1.32 bits per heavy atom. The molecule has 22 heavy (non-hydrogen) atoms. The van der Waals surface area contributed by atoms with Crippen molar-refractivity contribution in [3.63, 3.8) is 0 Å². The van der Waals surface area contributed by atoms with Crippen LogP contribution in [0.25, 0.3) is 22.2 Å². The van der Waals surface area contributed by atoms with Crippen molar-refractivity contribution in [3.05, 3.63) is 47.8 Å². The van der Waals surface area contributed by atoms with Crippen molar-refractivity contribution in [1.29, 1.82) is 0 Å². The number of rotatable bonds is 4. The molecule has 0 saturated heterocycles. The number of amides is 1. The van der Waals surface area contributed by atoms with E-state index in [-0.39, 0.29) is 5.91 Å². The predicted molar refractivity (Wildman–Crippen MR) is 86.4 cm³/mol. The highest BCUT2D eigenvalue weighted by Gasteiger charge is 2.07. The van der Waals surface area contributed by atoms with Crippen LogP contribution in [0.2, 0.25) is 0 Å². The minimum atomic E-state index is 0.0604. The summed E-state index contributed by atoms with van der Waals surface area (Å²) in [6.07, 6.45) is 4.84. The number of nitrogens with one attached hydrogen (secondary N) is 2. The molecule has 0 radical (unpaired) electrons. The summed E-state index contributed by atoms with van der Waals surface area (Å²) in [6.45, 7) is 2.08. The topological polar surface area (TPSA) is 70.7 Å². The van der Waals surface area contributed by atoms with E-state index in [1.807, 2.05) is 18.3 Å². The number of hydrogen-bond donors (Lipinski definition) is 2. The third-order valence-corrected chi connectivity index (χ3v) is 3.79. The zero-order valence-corrected chi connectivity index (χ0v) is 12.7. The average molecular weight is 294 g/mol. The van der Waals surface area contributed by atoms with E-state index in [1.54, 1.807) is 13.2 Å². The molecule has 0 fully saturated rings. The number of aryl methyl sites for hydroxylation is 2. The molecule has 0 unspecified atom stereocenters. The molecule has 2 N–H and O–H groups in total. The minimum absolute atomic E-state index is 0.0604. The number of hydrogen-bond acceptors (Lipinski definition) is 3. The van der Waals surface area contributed by atoms with Crippen molar-refractivity contribution >= 4 is 16.8 Å². The van der Waals surface area contributed by atoms with E-state index in [4.69, 9.17) is 4.98 Å². The molecule has 0 spiro atoms. The van der Waals surface area contributed by atoms with E-state index in [0.29, 0.717) is 6.42 Å². The van der Waals surface area contributed by atoms with Crippen molar-refractivity contribution in [2.24, 2.45) is 0 Å². The highest BCUT2D eigenvalue weighted by Crippen LogP contribution is 2.24. The molecule has 0 aliphatic rings. The third kappa shape index (κ3) is 2.83. The van der Waals surface area contributed by atoms with Crippen LogP contribution in [0.1, 0.15) is 17.5 Å². The Balaban J connectivity index is 1.94. The molecule has 1 amide bonds. The van der Waals surface area contributed by atoms with Gasteiger partial charge in [0.1, 0.15) is 0 Å². The maximum absolute atomic E-state index is 11.4. The number of carbonyl (C=O) groups excluding carboxylic acids is 1. The summed E-state index contributed by atoms with van der Waals surface area (Å²) in [6, 6.07) is 8.25. The Morgan fingerprint density at radius 2 is 2.18 bits per heavy atom. The van der Waals surface area contributed by atoms with Gasteiger partial charge in [-0.2, -0.15) is 5.10 Å². The van der Waals surface area contributed by atoms with Crippen LogP contribution in [0.5, 0.6) is 0 Å². The van der Waals surface area contributed by atoms with Crippen molar-refractivity contribution < 1.29 is 4.79 Å². The Bertz CT molecular complexity index is 809. The van der Waals surface area contributed by atoms with E-state index in [1.165, 1.54) is 5.56 Å². The van der Waals surface area contributed by atoms with Gasteiger partial charge >= 0.3 is 0 Å². The molecule has 1 aromatic carbocycles. The number of pyridine rings is 1. The summed E-state index contributed by atoms with van der Waals surface area (Å²) in [7, 11) is 1.66. The summed E-state index contributed by atoms with van der Waals surface area (Å²) in [5.41, 5.74) is 5.17. The molecule has 0 aliphatic heterocycles. The second-order valence-electron chi connectivity index (χ2n) is 5.34. The fraction of sp³-hybridized carbons (Fsp3) is 0.235. The lowest BCUT2D eigenvalue weighted by molar-refractivity contribution is -0.120. The third-order valence-electron chi connectivity index (χ3n) is 3.79. The molecule has 2 heterocycles. The first kappa shape index (κ1) is 14.3. The average Bonchev–Trinajstić information content (AvgIpc) is 3.07. The normalized spacial score (nSPS) is 10.8. The van der Waals surface area contributed by atoms with Crippen LogP contribution >= 0.6 is 0 Å². The largest absolute Gasteiger partial charge is 0.359 e. The molecule has 5 heteroatoms. The molecular weight excluding hydrogens is 276 g/mol. The van der Waals surface area contributed by atoms with Crippen molar-refractivity contribution in [3.8, 4) is 11.3 Å². The zero-order valence-electron chi connectivity index (χ0n) is 12.7.